The zero-order valence-electron chi connectivity index (χ0n) is 9.65. The Morgan fingerprint density at radius 1 is 1.21 bits per heavy atom. The van der Waals surface area contributed by atoms with Gasteiger partial charge in [-0.25, -0.2) is 0 Å². The number of halogens is 1. The van der Waals surface area contributed by atoms with E-state index in [2.05, 4.69) is 4.99 Å². The van der Waals surface area contributed by atoms with Gasteiger partial charge in [0.15, 0.2) is 0 Å². The minimum absolute atomic E-state index is 0.134. The molecule has 2 aromatic rings. The zero-order valence-corrected chi connectivity index (χ0v) is 9.65. The van der Waals surface area contributed by atoms with Crippen molar-refractivity contribution in [2.24, 2.45) is 4.99 Å². The first-order valence-corrected chi connectivity index (χ1v) is 5.33. The van der Waals surface area contributed by atoms with Crippen molar-refractivity contribution in [3.63, 3.8) is 0 Å². The van der Waals surface area contributed by atoms with Crippen LogP contribution in [0.3, 0.4) is 0 Å². The highest BCUT2D eigenvalue weighted by molar-refractivity contribution is 5.82. The van der Waals surface area contributed by atoms with Gasteiger partial charge in [-0.05, 0) is 42.0 Å². The Bertz CT molecular complexity index is 639. The third-order valence-corrected chi connectivity index (χ3v) is 2.38. The van der Waals surface area contributed by atoms with Crippen LogP contribution in [0.15, 0.2) is 47.5 Å². The second-order valence-electron chi connectivity index (χ2n) is 3.74. The van der Waals surface area contributed by atoms with Gasteiger partial charge in [0.1, 0.15) is 5.75 Å². The van der Waals surface area contributed by atoms with E-state index in [1.54, 1.807) is 12.1 Å². The molecule has 0 aliphatic rings. The Labute approximate surface area is 107 Å². The molecule has 0 radical (unpaired) electrons. The van der Waals surface area contributed by atoms with E-state index in [1.807, 2.05) is 0 Å². The van der Waals surface area contributed by atoms with Crippen molar-refractivity contribution < 1.29 is 14.4 Å². The Morgan fingerprint density at radius 3 is 2.53 bits per heavy atom. The van der Waals surface area contributed by atoms with E-state index >= 15 is 0 Å². The lowest BCUT2D eigenvalue weighted by molar-refractivity contribution is -0.387. The summed E-state index contributed by atoms with van der Waals surface area (Å²) in [5.74, 6) is -0.761. The number of hydrogen-bond acceptors (Lipinski definition) is 4. The Morgan fingerprint density at radius 2 is 1.89 bits per heavy atom. The van der Waals surface area contributed by atoms with Crippen LogP contribution in [-0.2, 0) is 0 Å². The van der Waals surface area contributed by atoms with Crippen LogP contribution in [0.4, 0.5) is 15.8 Å². The lowest BCUT2D eigenvalue weighted by atomic mass is 10.2. The SMILES string of the molecule is O=[N+]([O-])c1cc(N=Cc2ccc(O)cc2)ccc1F. The lowest BCUT2D eigenvalue weighted by Crippen LogP contribution is -1.91. The summed E-state index contributed by atoms with van der Waals surface area (Å²) < 4.78 is 13.1. The number of phenolic OH excluding ortho intramolecular Hbond substituents is 1. The molecule has 0 fully saturated rings. The summed E-state index contributed by atoms with van der Waals surface area (Å²) in [4.78, 5) is 13.8. The van der Waals surface area contributed by atoms with Crippen molar-refractivity contribution in [2.45, 2.75) is 0 Å². The standard InChI is InChI=1S/C13H9FN2O3/c14-12-6-3-10(7-13(12)16(18)19)15-8-9-1-4-11(17)5-2-9/h1-8,17H. The van der Waals surface area contributed by atoms with Gasteiger partial charge in [-0.3, -0.25) is 15.1 Å². The van der Waals surface area contributed by atoms with Crippen LogP contribution in [0.1, 0.15) is 5.56 Å². The van der Waals surface area contributed by atoms with Crippen LogP contribution in [0.25, 0.3) is 0 Å². The number of aliphatic imine (C=N–C) groups is 1. The van der Waals surface area contributed by atoms with E-state index < -0.39 is 16.4 Å². The molecule has 0 spiro atoms. The second kappa shape index (κ2) is 5.26. The molecule has 0 aromatic heterocycles. The van der Waals surface area contributed by atoms with Crippen molar-refractivity contribution >= 4 is 17.6 Å². The molecule has 0 unspecified atom stereocenters. The zero-order chi connectivity index (χ0) is 13.8. The van der Waals surface area contributed by atoms with Crippen LogP contribution in [-0.4, -0.2) is 16.2 Å². The van der Waals surface area contributed by atoms with Gasteiger partial charge in [0.25, 0.3) is 0 Å². The Hall–Kier alpha value is -2.76. The Balaban J connectivity index is 2.26. The molecule has 2 rings (SSSR count). The molecule has 1 N–H and O–H groups in total. The molecule has 0 saturated carbocycles. The van der Waals surface area contributed by atoms with Crippen LogP contribution >= 0.6 is 0 Å². The first-order chi connectivity index (χ1) is 9.06. The molecule has 0 saturated heterocycles. The smallest absolute Gasteiger partial charge is 0.306 e. The predicted molar refractivity (Wildman–Crippen MR) is 68.4 cm³/mol. The van der Waals surface area contributed by atoms with E-state index in [1.165, 1.54) is 24.4 Å². The summed E-state index contributed by atoms with van der Waals surface area (Å²) in [6.07, 6.45) is 1.47. The number of nitrogens with zero attached hydrogens (tertiary/aromatic N) is 2. The maximum atomic E-state index is 13.1. The minimum Gasteiger partial charge on any atom is -0.508 e. The van der Waals surface area contributed by atoms with Gasteiger partial charge in [0.05, 0.1) is 10.6 Å². The van der Waals surface area contributed by atoms with Gasteiger partial charge in [-0.15, -0.1) is 0 Å². The van der Waals surface area contributed by atoms with Gasteiger partial charge in [0, 0.05) is 12.3 Å². The number of nitro benzene ring substituents is 1. The molecule has 5 nitrogen and oxygen atoms in total. The van der Waals surface area contributed by atoms with Gasteiger partial charge in [-0.2, -0.15) is 4.39 Å². The second-order valence-corrected chi connectivity index (χ2v) is 3.74. The maximum Gasteiger partial charge on any atom is 0.306 e. The van der Waals surface area contributed by atoms with Gasteiger partial charge in [0.2, 0.25) is 5.82 Å². The van der Waals surface area contributed by atoms with E-state index in [0.29, 0.717) is 5.56 Å². The average molecular weight is 260 g/mol. The molecule has 0 aliphatic heterocycles. The highest BCUT2D eigenvalue weighted by atomic mass is 19.1. The molecular formula is C13H9FN2O3. The minimum atomic E-state index is -0.895. The largest absolute Gasteiger partial charge is 0.508 e. The summed E-state index contributed by atoms with van der Waals surface area (Å²) >= 11 is 0. The molecule has 0 atom stereocenters. The predicted octanol–water partition coefficient (Wildman–Crippen LogP) is 3.19. The number of hydrogen-bond donors (Lipinski definition) is 1. The fourth-order valence-electron chi connectivity index (χ4n) is 1.43. The van der Waals surface area contributed by atoms with Crippen molar-refractivity contribution in [3.8, 4) is 5.75 Å². The van der Waals surface area contributed by atoms with Gasteiger partial charge < -0.3 is 5.11 Å². The fraction of sp³-hybridized carbons (Fsp3) is 0. The number of benzene rings is 2. The van der Waals surface area contributed by atoms with Crippen molar-refractivity contribution in [1.82, 2.24) is 0 Å². The molecule has 0 bridgehead atoms. The normalized spacial score (nSPS) is 10.8. The van der Waals surface area contributed by atoms with Crippen LogP contribution < -0.4 is 0 Å². The maximum absolute atomic E-state index is 13.1. The number of phenols is 1. The van der Waals surface area contributed by atoms with Crippen LogP contribution in [0, 0.1) is 15.9 Å². The quantitative estimate of drug-likeness (QED) is 0.523. The number of aromatic hydroxyl groups is 1. The molecule has 0 amide bonds. The molecule has 19 heavy (non-hydrogen) atoms. The summed E-state index contributed by atoms with van der Waals surface area (Å²) in [5, 5.41) is 19.7. The lowest BCUT2D eigenvalue weighted by Gasteiger charge is -1.97. The van der Waals surface area contributed by atoms with Crippen molar-refractivity contribution in [1.29, 1.82) is 0 Å². The van der Waals surface area contributed by atoms with Crippen molar-refractivity contribution in [3.05, 3.63) is 64.0 Å². The third kappa shape index (κ3) is 3.12. The summed E-state index contributed by atoms with van der Waals surface area (Å²) in [7, 11) is 0. The van der Waals surface area contributed by atoms with Crippen LogP contribution in [0.2, 0.25) is 0 Å². The highest BCUT2D eigenvalue weighted by Gasteiger charge is 2.13. The molecule has 6 heteroatoms. The first kappa shape index (κ1) is 12.7. The summed E-state index contributed by atoms with van der Waals surface area (Å²) in [6.45, 7) is 0. The van der Waals surface area contributed by atoms with E-state index in [-0.39, 0.29) is 11.4 Å². The average Bonchev–Trinajstić information content (AvgIpc) is 2.39. The molecular weight excluding hydrogens is 251 g/mol. The third-order valence-electron chi connectivity index (χ3n) is 2.38. The van der Waals surface area contributed by atoms with Crippen molar-refractivity contribution in [2.75, 3.05) is 0 Å². The van der Waals surface area contributed by atoms with E-state index in [9.17, 15) is 14.5 Å². The monoisotopic (exact) mass is 260 g/mol. The van der Waals surface area contributed by atoms with Gasteiger partial charge >= 0.3 is 5.69 Å². The van der Waals surface area contributed by atoms with E-state index in [0.717, 1.165) is 12.1 Å². The molecule has 0 heterocycles. The summed E-state index contributed by atoms with van der Waals surface area (Å²) in [6, 6.07) is 9.67. The molecule has 0 aliphatic carbocycles. The topological polar surface area (TPSA) is 75.7 Å². The highest BCUT2D eigenvalue weighted by Crippen LogP contribution is 2.23. The molecule has 2 aromatic carbocycles. The number of rotatable bonds is 3. The van der Waals surface area contributed by atoms with E-state index in [4.69, 9.17) is 5.11 Å². The fourth-order valence-corrected chi connectivity index (χ4v) is 1.43. The Kier molecular flexibility index (Phi) is 3.51. The molecule has 96 valence electrons. The number of nitro groups is 1. The van der Waals surface area contributed by atoms with Gasteiger partial charge in [-0.1, -0.05) is 0 Å². The first-order valence-electron chi connectivity index (χ1n) is 5.33. The summed E-state index contributed by atoms with van der Waals surface area (Å²) in [5.41, 5.74) is 0.381. The van der Waals surface area contributed by atoms with Crippen LogP contribution in [0.5, 0.6) is 5.75 Å².